The smallest absolute Gasteiger partial charge is 0.307 e. The summed E-state index contributed by atoms with van der Waals surface area (Å²) in [6.45, 7) is 0.200. The second kappa shape index (κ2) is 4.62. The van der Waals surface area contributed by atoms with Gasteiger partial charge in [0.05, 0.1) is 24.0 Å². The summed E-state index contributed by atoms with van der Waals surface area (Å²) >= 11 is 0. The van der Waals surface area contributed by atoms with Gasteiger partial charge in [-0.25, -0.2) is 0 Å². The zero-order valence-electron chi connectivity index (χ0n) is 9.45. The van der Waals surface area contributed by atoms with E-state index < -0.39 is 30.0 Å². The van der Waals surface area contributed by atoms with Gasteiger partial charge in [0.15, 0.2) is 0 Å². The number of carbonyl (C=O) groups is 2. The third kappa shape index (κ3) is 2.28. The fourth-order valence-corrected chi connectivity index (χ4v) is 2.74. The van der Waals surface area contributed by atoms with Gasteiger partial charge in [0.1, 0.15) is 0 Å². The lowest BCUT2D eigenvalue weighted by Gasteiger charge is -2.22. The van der Waals surface area contributed by atoms with E-state index in [-0.39, 0.29) is 19.0 Å². The highest BCUT2D eigenvalue weighted by Gasteiger charge is 2.42. The molecule has 6 heteroatoms. The van der Waals surface area contributed by atoms with Gasteiger partial charge < -0.3 is 20.2 Å². The van der Waals surface area contributed by atoms with Crippen LogP contribution in [-0.4, -0.2) is 57.4 Å². The molecule has 2 aliphatic rings. The van der Waals surface area contributed by atoms with Crippen LogP contribution in [0.3, 0.4) is 0 Å². The van der Waals surface area contributed by atoms with E-state index in [0.29, 0.717) is 12.8 Å². The number of carboxylic acid groups (broad SMARTS) is 1. The molecule has 6 nitrogen and oxygen atoms in total. The molecule has 0 radical (unpaired) electrons. The van der Waals surface area contributed by atoms with E-state index in [0.717, 1.165) is 6.42 Å². The number of carbonyl (C=O) groups excluding carboxylic acids is 1. The maximum absolute atomic E-state index is 12.1. The molecule has 0 unspecified atom stereocenters. The van der Waals surface area contributed by atoms with Crippen molar-refractivity contribution >= 4 is 11.9 Å². The molecule has 2 rings (SSSR count). The zero-order chi connectivity index (χ0) is 12.6. The summed E-state index contributed by atoms with van der Waals surface area (Å²) < 4.78 is 0. The molecule has 1 heterocycles. The van der Waals surface area contributed by atoms with Crippen LogP contribution in [0.25, 0.3) is 0 Å². The van der Waals surface area contributed by atoms with E-state index in [4.69, 9.17) is 5.11 Å². The predicted molar refractivity (Wildman–Crippen MR) is 57.1 cm³/mol. The maximum atomic E-state index is 12.1. The Morgan fingerprint density at radius 2 is 1.53 bits per heavy atom. The van der Waals surface area contributed by atoms with Crippen molar-refractivity contribution in [3.8, 4) is 0 Å². The fraction of sp³-hybridized carbons (Fsp3) is 0.818. The third-order valence-electron chi connectivity index (χ3n) is 3.72. The Kier molecular flexibility index (Phi) is 3.35. The Morgan fingerprint density at radius 1 is 1.00 bits per heavy atom. The number of hydrogen-bond donors (Lipinski definition) is 3. The monoisotopic (exact) mass is 243 g/mol. The lowest BCUT2D eigenvalue weighted by Crippen LogP contribution is -2.38. The van der Waals surface area contributed by atoms with Crippen molar-refractivity contribution in [1.29, 1.82) is 0 Å². The normalized spacial score (nSPS) is 37.4. The first-order chi connectivity index (χ1) is 8.00. The van der Waals surface area contributed by atoms with Crippen molar-refractivity contribution in [1.82, 2.24) is 4.90 Å². The van der Waals surface area contributed by atoms with E-state index in [9.17, 15) is 19.8 Å². The zero-order valence-corrected chi connectivity index (χ0v) is 9.45. The van der Waals surface area contributed by atoms with Crippen LogP contribution >= 0.6 is 0 Å². The summed E-state index contributed by atoms with van der Waals surface area (Å²) in [4.78, 5) is 24.5. The Morgan fingerprint density at radius 3 is 2.06 bits per heavy atom. The number of amides is 1. The van der Waals surface area contributed by atoms with E-state index in [2.05, 4.69) is 0 Å². The van der Waals surface area contributed by atoms with Gasteiger partial charge in [0, 0.05) is 13.1 Å². The summed E-state index contributed by atoms with van der Waals surface area (Å²) in [5.41, 5.74) is 0. The predicted octanol–water partition coefficient (Wildman–Crippen LogP) is -0.949. The van der Waals surface area contributed by atoms with Crippen LogP contribution in [0.15, 0.2) is 0 Å². The lowest BCUT2D eigenvalue weighted by molar-refractivity contribution is -0.148. The van der Waals surface area contributed by atoms with E-state index in [1.165, 1.54) is 4.90 Å². The van der Waals surface area contributed by atoms with Crippen molar-refractivity contribution in [2.24, 2.45) is 11.8 Å². The van der Waals surface area contributed by atoms with Gasteiger partial charge in [0.2, 0.25) is 5.91 Å². The van der Waals surface area contributed by atoms with Crippen LogP contribution in [-0.2, 0) is 9.59 Å². The average molecular weight is 243 g/mol. The molecule has 4 atom stereocenters. The average Bonchev–Trinajstić information content (AvgIpc) is 2.85. The number of hydrogen-bond acceptors (Lipinski definition) is 4. The first-order valence-corrected chi connectivity index (χ1v) is 5.88. The molecule has 1 aliphatic carbocycles. The molecule has 0 spiro atoms. The molecular formula is C11H17NO5. The minimum atomic E-state index is -0.929. The van der Waals surface area contributed by atoms with E-state index in [1.54, 1.807) is 0 Å². The Labute approximate surface area is 98.8 Å². The highest BCUT2D eigenvalue weighted by atomic mass is 16.4. The van der Waals surface area contributed by atoms with E-state index >= 15 is 0 Å². The molecular weight excluding hydrogens is 226 g/mol. The SMILES string of the molecule is O=C(O)[C@H]1CCC[C@H]1C(=O)N1C[C@@H](O)[C@@H](O)C1. The van der Waals surface area contributed by atoms with Gasteiger partial charge in [-0.05, 0) is 12.8 Å². The number of carboxylic acids is 1. The summed E-state index contributed by atoms with van der Waals surface area (Å²) in [5, 5.41) is 27.8. The first kappa shape index (κ1) is 12.3. The summed E-state index contributed by atoms with van der Waals surface area (Å²) in [6.07, 6.45) is 0.0300. The quantitative estimate of drug-likeness (QED) is 0.581. The molecule has 17 heavy (non-hydrogen) atoms. The third-order valence-corrected chi connectivity index (χ3v) is 3.72. The number of likely N-dealkylation sites (tertiary alicyclic amines) is 1. The standard InChI is InChI=1S/C11H17NO5/c13-8-4-12(5-9(8)14)10(15)6-2-1-3-7(6)11(16)17/h6-9,13-14H,1-5H2,(H,16,17)/t6-,7+,8-,9+/m1/s1. The van der Waals surface area contributed by atoms with Crippen molar-refractivity contribution in [3.05, 3.63) is 0 Å². The Bertz CT molecular complexity index is 322. The second-order valence-corrected chi connectivity index (χ2v) is 4.86. The van der Waals surface area contributed by atoms with Gasteiger partial charge in [0.25, 0.3) is 0 Å². The Hall–Kier alpha value is -1.14. The van der Waals surface area contributed by atoms with Gasteiger partial charge in [-0.3, -0.25) is 9.59 Å². The van der Waals surface area contributed by atoms with Crippen molar-refractivity contribution in [2.45, 2.75) is 31.5 Å². The molecule has 96 valence electrons. The van der Waals surface area contributed by atoms with Crippen molar-refractivity contribution in [3.63, 3.8) is 0 Å². The summed E-state index contributed by atoms with van der Waals surface area (Å²) in [7, 11) is 0. The Balaban J connectivity index is 2.03. The van der Waals surface area contributed by atoms with Crippen molar-refractivity contribution < 1.29 is 24.9 Å². The molecule has 1 saturated heterocycles. The molecule has 2 fully saturated rings. The molecule has 0 aromatic carbocycles. The summed E-state index contributed by atoms with van der Waals surface area (Å²) in [6, 6.07) is 0. The highest BCUT2D eigenvalue weighted by molar-refractivity contribution is 5.85. The van der Waals surface area contributed by atoms with Gasteiger partial charge in [-0.1, -0.05) is 6.42 Å². The number of rotatable bonds is 2. The number of nitrogens with zero attached hydrogens (tertiary/aromatic N) is 1. The van der Waals surface area contributed by atoms with Gasteiger partial charge in [-0.2, -0.15) is 0 Å². The first-order valence-electron chi connectivity index (χ1n) is 5.88. The molecule has 1 aliphatic heterocycles. The number of aliphatic carboxylic acids is 1. The number of aliphatic hydroxyl groups excluding tert-OH is 2. The number of β-amino-alcohol motifs (C(OH)–C–C–N with tert-alkyl or cyclic N) is 2. The van der Waals surface area contributed by atoms with Crippen LogP contribution in [0, 0.1) is 11.8 Å². The lowest BCUT2D eigenvalue weighted by atomic mass is 9.95. The van der Waals surface area contributed by atoms with Crippen LogP contribution < -0.4 is 0 Å². The number of aliphatic hydroxyl groups is 2. The minimum Gasteiger partial charge on any atom is -0.481 e. The highest BCUT2D eigenvalue weighted by Crippen LogP contribution is 2.34. The van der Waals surface area contributed by atoms with Gasteiger partial charge >= 0.3 is 5.97 Å². The maximum Gasteiger partial charge on any atom is 0.307 e. The topological polar surface area (TPSA) is 98.1 Å². The largest absolute Gasteiger partial charge is 0.481 e. The van der Waals surface area contributed by atoms with Crippen LogP contribution in [0.1, 0.15) is 19.3 Å². The molecule has 1 amide bonds. The molecule has 0 bridgehead atoms. The molecule has 0 aromatic rings. The second-order valence-electron chi connectivity index (χ2n) is 4.86. The fourth-order valence-electron chi connectivity index (χ4n) is 2.74. The molecule has 0 aromatic heterocycles. The van der Waals surface area contributed by atoms with Crippen LogP contribution in [0.4, 0.5) is 0 Å². The van der Waals surface area contributed by atoms with E-state index in [1.807, 2.05) is 0 Å². The minimum absolute atomic E-state index is 0.100. The van der Waals surface area contributed by atoms with Gasteiger partial charge in [-0.15, -0.1) is 0 Å². The summed E-state index contributed by atoms with van der Waals surface area (Å²) in [5.74, 6) is -2.28. The molecule has 1 saturated carbocycles. The molecule has 3 N–H and O–H groups in total. The van der Waals surface area contributed by atoms with Crippen LogP contribution in [0.5, 0.6) is 0 Å². The van der Waals surface area contributed by atoms with Crippen LogP contribution in [0.2, 0.25) is 0 Å². The van der Waals surface area contributed by atoms with Crippen molar-refractivity contribution in [2.75, 3.05) is 13.1 Å².